The largest absolute Gasteiger partial charge is 0.370 e. The van der Waals surface area contributed by atoms with Gasteiger partial charge in [-0.3, -0.25) is 4.99 Å². The molecule has 3 rings (SSSR count). The number of aromatic nitrogens is 2. The number of piperazine rings is 1. The molecule has 0 radical (unpaired) electrons. The molecule has 1 saturated heterocycles. The van der Waals surface area contributed by atoms with E-state index in [1.165, 1.54) is 0 Å². The van der Waals surface area contributed by atoms with Crippen LogP contribution in [-0.2, 0) is 0 Å². The van der Waals surface area contributed by atoms with Crippen molar-refractivity contribution in [3.63, 3.8) is 0 Å². The maximum atomic E-state index is 9.23. The number of guanidine groups is 1. The van der Waals surface area contributed by atoms with Gasteiger partial charge < -0.3 is 15.5 Å². The Labute approximate surface area is 130 Å². The summed E-state index contributed by atoms with van der Waals surface area (Å²) in [5.41, 5.74) is 5.83. The van der Waals surface area contributed by atoms with E-state index in [4.69, 9.17) is 5.73 Å². The van der Waals surface area contributed by atoms with Crippen molar-refractivity contribution in [1.82, 2.24) is 14.9 Å². The average molecular weight is 299 g/mol. The van der Waals surface area contributed by atoms with Gasteiger partial charge in [0.2, 0.25) is 5.95 Å². The third kappa shape index (κ3) is 2.96. The second-order valence-electron chi connectivity index (χ2n) is 5.94. The Kier molecular flexibility index (Phi) is 4.09. The average Bonchev–Trinajstić information content (AvgIpc) is 2.55. The first-order chi connectivity index (χ1) is 10.7. The van der Waals surface area contributed by atoms with Crippen LogP contribution in [0.15, 0.2) is 23.5 Å². The summed E-state index contributed by atoms with van der Waals surface area (Å²) in [6, 6.07) is 4.21. The SMILES string of the molecule is N#CC1(CN=C(N)N2CCN(c3ncccn3)CC2)CCC1. The first kappa shape index (κ1) is 14.6. The number of hydrogen-bond acceptors (Lipinski definition) is 5. The molecule has 2 heterocycles. The lowest BCUT2D eigenvalue weighted by Gasteiger charge is -2.36. The maximum absolute atomic E-state index is 9.23. The predicted molar refractivity (Wildman–Crippen MR) is 84.2 cm³/mol. The molecular weight excluding hydrogens is 278 g/mol. The van der Waals surface area contributed by atoms with E-state index in [0.717, 1.165) is 51.4 Å². The van der Waals surface area contributed by atoms with E-state index in [9.17, 15) is 5.26 Å². The molecule has 0 bridgehead atoms. The molecule has 2 N–H and O–H groups in total. The molecule has 0 spiro atoms. The molecule has 7 nitrogen and oxygen atoms in total. The van der Waals surface area contributed by atoms with Gasteiger partial charge >= 0.3 is 0 Å². The molecule has 1 aromatic rings. The van der Waals surface area contributed by atoms with Crippen molar-refractivity contribution in [1.29, 1.82) is 5.26 Å². The molecule has 0 amide bonds. The molecule has 2 fully saturated rings. The molecule has 1 saturated carbocycles. The lowest BCUT2D eigenvalue weighted by atomic mass is 9.70. The Morgan fingerprint density at radius 3 is 2.50 bits per heavy atom. The van der Waals surface area contributed by atoms with E-state index in [1.807, 2.05) is 6.07 Å². The zero-order valence-electron chi connectivity index (χ0n) is 12.6. The second kappa shape index (κ2) is 6.18. The fourth-order valence-corrected chi connectivity index (χ4v) is 2.83. The van der Waals surface area contributed by atoms with Gasteiger partial charge in [-0.15, -0.1) is 0 Å². The summed E-state index contributed by atoms with van der Waals surface area (Å²) < 4.78 is 0. The van der Waals surface area contributed by atoms with Crippen molar-refractivity contribution >= 4 is 11.9 Å². The van der Waals surface area contributed by atoms with E-state index >= 15 is 0 Å². The van der Waals surface area contributed by atoms with Crippen molar-refractivity contribution in [3.8, 4) is 6.07 Å². The van der Waals surface area contributed by atoms with Crippen LogP contribution in [0.25, 0.3) is 0 Å². The van der Waals surface area contributed by atoms with Crippen LogP contribution in [0, 0.1) is 16.7 Å². The summed E-state index contributed by atoms with van der Waals surface area (Å²) in [7, 11) is 0. The van der Waals surface area contributed by atoms with E-state index in [-0.39, 0.29) is 5.41 Å². The van der Waals surface area contributed by atoms with Crippen molar-refractivity contribution in [2.45, 2.75) is 19.3 Å². The van der Waals surface area contributed by atoms with E-state index in [0.29, 0.717) is 12.5 Å². The summed E-state index contributed by atoms with van der Waals surface area (Å²) in [4.78, 5) is 17.2. The quantitative estimate of drug-likeness (QED) is 0.649. The van der Waals surface area contributed by atoms with Crippen LogP contribution in [0.1, 0.15) is 19.3 Å². The smallest absolute Gasteiger partial charge is 0.225 e. The summed E-state index contributed by atoms with van der Waals surface area (Å²) in [6.45, 7) is 3.77. The molecule has 116 valence electrons. The Hall–Kier alpha value is -2.36. The summed E-state index contributed by atoms with van der Waals surface area (Å²) in [5, 5.41) is 9.23. The molecule has 0 unspecified atom stereocenters. The number of nitrogens with two attached hydrogens (primary N) is 1. The third-order valence-electron chi connectivity index (χ3n) is 4.53. The Morgan fingerprint density at radius 1 is 1.27 bits per heavy atom. The molecular formula is C15H21N7. The number of rotatable bonds is 3. The normalized spacial score (nSPS) is 21.1. The Bertz CT molecular complexity index is 565. The molecule has 0 atom stereocenters. The topological polar surface area (TPSA) is 94.4 Å². The van der Waals surface area contributed by atoms with Gasteiger partial charge in [0.05, 0.1) is 18.0 Å². The molecule has 2 aliphatic rings. The maximum Gasteiger partial charge on any atom is 0.225 e. The minimum absolute atomic E-state index is 0.260. The number of hydrogen-bond donors (Lipinski definition) is 1. The number of anilines is 1. The van der Waals surface area contributed by atoms with Crippen LogP contribution in [-0.4, -0.2) is 53.6 Å². The van der Waals surface area contributed by atoms with Crippen LogP contribution in [0.3, 0.4) is 0 Å². The minimum Gasteiger partial charge on any atom is -0.370 e. The van der Waals surface area contributed by atoms with Crippen LogP contribution >= 0.6 is 0 Å². The highest BCUT2D eigenvalue weighted by molar-refractivity contribution is 5.78. The molecule has 0 aromatic carbocycles. The monoisotopic (exact) mass is 299 g/mol. The summed E-state index contributed by atoms with van der Waals surface area (Å²) >= 11 is 0. The number of aliphatic imine (C=N–C) groups is 1. The zero-order valence-corrected chi connectivity index (χ0v) is 12.6. The molecule has 1 aliphatic carbocycles. The first-order valence-electron chi connectivity index (χ1n) is 7.71. The van der Waals surface area contributed by atoms with E-state index < -0.39 is 0 Å². The van der Waals surface area contributed by atoms with Gasteiger partial charge in [0.25, 0.3) is 0 Å². The van der Waals surface area contributed by atoms with Gasteiger partial charge in [-0.25, -0.2) is 9.97 Å². The van der Waals surface area contributed by atoms with Crippen LogP contribution in [0.2, 0.25) is 0 Å². The van der Waals surface area contributed by atoms with Crippen LogP contribution < -0.4 is 10.6 Å². The van der Waals surface area contributed by atoms with Gasteiger partial charge in [-0.1, -0.05) is 6.42 Å². The molecule has 1 aromatic heterocycles. The third-order valence-corrected chi connectivity index (χ3v) is 4.53. The first-order valence-corrected chi connectivity index (χ1v) is 7.71. The minimum atomic E-state index is -0.260. The van der Waals surface area contributed by atoms with E-state index in [2.05, 4.69) is 30.8 Å². The van der Waals surface area contributed by atoms with Gasteiger partial charge in [0.1, 0.15) is 0 Å². The summed E-state index contributed by atoms with van der Waals surface area (Å²) in [6.07, 6.45) is 6.52. The van der Waals surface area contributed by atoms with Gasteiger partial charge in [0.15, 0.2) is 5.96 Å². The number of nitriles is 1. The fraction of sp³-hybridized carbons (Fsp3) is 0.600. The lowest BCUT2D eigenvalue weighted by molar-refractivity contribution is 0.225. The molecule has 7 heteroatoms. The van der Waals surface area contributed by atoms with Crippen molar-refractivity contribution in [3.05, 3.63) is 18.5 Å². The molecule has 22 heavy (non-hydrogen) atoms. The standard InChI is InChI=1S/C15H21N7/c16-11-15(3-1-4-15)12-20-13(17)21-7-9-22(10-8-21)14-18-5-2-6-19-14/h2,5-6H,1,3-4,7-10,12H2,(H2,17,20). The number of nitrogens with zero attached hydrogens (tertiary/aromatic N) is 6. The lowest BCUT2D eigenvalue weighted by Crippen LogP contribution is -2.51. The zero-order chi connectivity index (χ0) is 15.4. The summed E-state index contributed by atoms with van der Waals surface area (Å²) in [5.74, 6) is 1.31. The predicted octanol–water partition coefficient (Wildman–Crippen LogP) is 0.607. The Balaban J connectivity index is 1.54. The highest BCUT2D eigenvalue weighted by atomic mass is 15.4. The fourth-order valence-electron chi connectivity index (χ4n) is 2.83. The van der Waals surface area contributed by atoms with Crippen molar-refractivity contribution < 1.29 is 0 Å². The van der Waals surface area contributed by atoms with Gasteiger partial charge in [-0.05, 0) is 18.9 Å². The van der Waals surface area contributed by atoms with Gasteiger partial charge in [0, 0.05) is 38.6 Å². The van der Waals surface area contributed by atoms with Crippen LogP contribution in [0.5, 0.6) is 0 Å². The highest BCUT2D eigenvalue weighted by Crippen LogP contribution is 2.40. The van der Waals surface area contributed by atoms with E-state index in [1.54, 1.807) is 12.4 Å². The van der Waals surface area contributed by atoms with Crippen molar-refractivity contribution in [2.75, 3.05) is 37.6 Å². The molecule has 1 aliphatic heterocycles. The second-order valence-corrected chi connectivity index (χ2v) is 5.94. The highest BCUT2D eigenvalue weighted by Gasteiger charge is 2.37. The van der Waals surface area contributed by atoms with Crippen LogP contribution in [0.4, 0.5) is 5.95 Å². The Morgan fingerprint density at radius 2 is 1.95 bits per heavy atom. The van der Waals surface area contributed by atoms with Gasteiger partial charge in [-0.2, -0.15) is 5.26 Å². The van der Waals surface area contributed by atoms with Crippen molar-refractivity contribution in [2.24, 2.45) is 16.1 Å².